The fourth-order valence-corrected chi connectivity index (χ4v) is 2.75. The molecule has 0 unspecified atom stereocenters. The summed E-state index contributed by atoms with van der Waals surface area (Å²) >= 11 is 0. The zero-order valence-corrected chi connectivity index (χ0v) is 12.2. The van der Waals surface area contributed by atoms with Crippen LogP contribution in [0.4, 0.5) is 5.69 Å². The van der Waals surface area contributed by atoms with Crippen LogP contribution in [0.5, 0.6) is 0 Å². The van der Waals surface area contributed by atoms with E-state index in [4.69, 9.17) is 5.26 Å². The first-order valence-electron chi connectivity index (χ1n) is 6.15. The smallest absolute Gasteiger partial charge is 0.167 e. The Hall–Kier alpha value is -2.18. The molecule has 3 heteroatoms. The first-order valence-corrected chi connectivity index (χ1v) is 7.80. The lowest BCUT2D eigenvalue weighted by Crippen LogP contribution is -2.07. The first-order chi connectivity index (χ1) is 9.19. The molecule has 0 aliphatic carbocycles. The van der Waals surface area contributed by atoms with Gasteiger partial charge in [-0.2, -0.15) is 0 Å². The summed E-state index contributed by atoms with van der Waals surface area (Å²) in [7, 11) is 3.04. The summed E-state index contributed by atoms with van der Waals surface area (Å²) < 4.78 is 0. The van der Waals surface area contributed by atoms with E-state index in [9.17, 15) is 0 Å². The highest BCUT2D eigenvalue weighted by Crippen LogP contribution is 2.14. The largest absolute Gasteiger partial charge is 0.378 e. The van der Waals surface area contributed by atoms with Crippen molar-refractivity contribution in [2.45, 2.75) is 0 Å². The Morgan fingerprint density at radius 1 is 0.947 bits per heavy atom. The first kappa shape index (κ1) is 13.3. The Balaban J connectivity index is 2.11. The third-order valence-electron chi connectivity index (χ3n) is 2.92. The molecule has 0 aliphatic heterocycles. The van der Waals surface area contributed by atoms with Gasteiger partial charge in [0.2, 0.25) is 0 Å². The van der Waals surface area contributed by atoms with Gasteiger partial charge in [0, 0.05) is 19.8 Å². The molecule has 0 saturated heterocycles. The highest BCUT2D eigenvalue weighted by Gasteiger charge is 1.94. The second-order valence-electron chi connectivity index (χ2n) is 4.55. The topological polar surface area (TPSA) is 27.0 Å². The summed E-state index contributed by atoms with van der Waals surface area (Å²) in [4.78, 5) is 2.08. The average Bonchev–Trinajstić information content (AvgIpc) is 2.46. The van der Waals surface area contributed by atoms with Crippen molar-refractivity contribution < 1.29 is 0 Å². The van der Waals surface area contributed by atoms with Crippen molar-refractivity contribution in [3.63, 3.8) is 0 Å². The van der Waals surface area contributed by atoms with Crippen LogP contribution in [-0.2, 0) is 0 Å². The summed E-state index contributed by atoms with van der Waals surface area (Å²) in [5.41, 5.74) is 9.84. The molecule has 1 heterocycles. The number of anilines is 1. The van der Waals surface area contributed by atoms with Gasteiger partial charge in [-0.15, -0.1) is 0 Å². The van der Waals surface area contributed by atoms with Gasteiger partial charge in [0.1, 0.15) is 0 Å². The van der Waals surface area contributed by atoms with E-state index >= 15 is 0 Å². The number of benzene rings is 1. The van der Waals surface area contributed by atoms with Crippen LogP contribution >= 0.6 is 0 Å². The van der Waals surface area contributed by atoms with Crippen molar-refractivity contribution in [3.8, 4) is 5.69 Å². The molecule has 2 nitrogen and oxygen atoms in total. The predicted octanol–water partition coefficient (Wildman–Crippen LogP) is 3.28. The van der Waals surface area contributed by atoms with E-state index in [2.05, 4.69) is 47.0 Å². The normalized spacial score (nSPS) is 10.4. The molecule has 19 heavy (non-hydrogen) atoms. The van der Waals surface area contributed by atoms with Crippen LogP contribution in [0.15, 0.2) is 47.8 Å². The zero-order valence-electron chi connectivity index (χ0n) is 11.2. The van der Waals surface area contributed by atoms with Gasteiger partial charge in [-0.3, -0.25) is 0 Å². The molecular weight excluding hydrogens is 248 g/mol. The van der Waals surface area contributed by atoms with Crippen molar-refractivity contribution >= 4 is 26.2 Å². The highest BCUT2D eigenvalue weighted by atomic mass is 28.2. The third-order valence-corrected chi connectivity index (χ3v) is 4.23. The van der Waals surface area contributed by atoms with Gasteiger partial charge in [-0.05, 0) is 23.3 Å². The van der Waals surface area contributed by atoms with Crippen LogP contribution < -0.4 is 4.90 Å². The Kier molecular flexibility index (Phi) is 4.27. The molecule has 0 fully saturated rings. The highest BCUT2D eigenvalue weighted by molar-refractivity contribution is 6.58. The summed E-state index contributed by atoms with van der Waals surface area (Å²) in [5, 5.41) is 8.82. The van der Waals surface area contributed by atoms with Crippen molar-refractivity contribution in [1.82, 2.24) is 0 Å². The van der Waals surface area contributed by atoms with Crippen LogP contribution in [0, 0.1) is 11.0 Å². The minimum absolute atomic E-state index is 1.03. The molecule has 0 saturated carbocycles. The van der Waals surface area contributed by atoms with E-state index in [0.717, 1.165) is 5.56 Å². The van der Waals surface area contributed by atoms with Gasteiger partial charge in [0.25, 0.3) is 0 Å². The lowest BCUT2D eigenvalue weighted by atomic mass is 10.1. The Labute approximate surface area is 115 Å². The van der Waals surface area contributed by atoms with Crippen LogP contribution in [-0.4, -0.2) is 22.5 Å². The molecule has 1 aromatic carbocycles. The second kappa shape index (κ2) is 6.12. The molecule has 0 spiro atoms. The SMILES string of the molecule is CN(C)c1ccc(/C=C/c2cc[si](C#N)cc2)cc1. The van der Waals surface area contributed by atoms with Crippen LogP contribution in [0.25, 0.3) is 12.2 Å². The van der Waals surface area contributed by atoms with Crippen molar-refractivity contribution in [3.05, 3.63) is 58.9 Å². The van der Waals surface area contributed by atoms with E-state index in [1.807, 2.05) is 37.6 Å². The van der Waals surface area contributed by atoms with Gasteiger partial charge >= 0.3 is 0 Å². The van der Waals surface area contributed by atoms with Crippen molar-refractivity contribution in [2.24, 2.45) is 0 Å². The number of hydrogen-bond donors (Lipinski definition) is 0. The minimum atomic E-state index is -1.03. The molecule has 1 aromatic heterocycles. The summed E-state index contributed by atoms with van der Waals surface area (Å²) in [5.74, 6) is 0. The molecule has 2 rings (SSSR count). The van der Waals surface area contributed by atoms with Crippen LogP contribution in [0.2, 0.25) is 0 Å². The lowest BCUT2D eigenvalue weighted by Gasteiger charge is -2.11. The van der Waals surface area contributed by atoms with E-state index < -0.39 is 8.40 Å². The Bertz CT molecular complexity index is 605. The second-order valence-corrected chi connectivity index (χ2v) is 6.35. The maximum absolute atomic E-state index is 8.82. The third kappa shape index (κ3) is 3.64. The molecule has 94 valence electrons. The van der Waals surface area contributed by atoms with Gasteiger partial charge in [-0.25, -0.2) is 5.26 Å². The van der Waals surface area contributed by atoms with E-state index in [1.165, 1.54) is 11.3 Å². The summed E-state index contributed by atoms with van der Waals surface area (Å²) in [6, 6.07) is 12.5. The monoisotopic (exact) mass is 264 g/mol. The Morgan fingerprint density at radius 3 is 1.95 bits per heavy atom. The van der Waals surface area contributed by atoms with Gasteiger partial charge in [0.15, 0.2) is 8.40 Å². The van der Waals surface area contributed by atoms with Crippen molar-refractivity contribution in [2.75, 3.05) is 19.0 Å². The number of hydrogen-bond acceptors (Lipinski definition) is 2. The lowest BCUT2D eigenvalue weighted by molar-refractivity contribution is 1.13. The molecule has 0 aliphatic rings. The van der Waals surface area contributed by atoms with Crippen LogP contribution in [0.1, 0.15) is 11.1 Å². The molecule has 0 N–H and O–H groups in total. The average molecular weight is 264 g/mol. The standard InChI is InChI=1S/C16H16N2Si/c1-18(2)16-7-5-14(6-8-16)3-4-15-9-11-19(13-17)12-10-15/h3-12H,1-2H3/b4-3+. The van der Waals surface area contributed by atoms with Crippen LogP contribution in [0.3, 0.4) is 0 Å². The number of rotatable bonds is 3. The van der Waals surface area contributed by atoms with Gasteiger partial charge in [-0.1, -0.05) is 47.8 Å². The van der Waals surface area contributed by atoms with Crippen molar-refractivity contribution in [1.29, 1.82) is 5.26 Å². The quantitative estimate of drug-likeness (QED) is 0.796. The summed E-state index contributed by atoms with van der Waals surface area (Å²) in [6.07, 6.45) is 4.17. The maximum Gasteiger partial charge on any atom is 0.167 e. The minimum Gasteiger partial charge on any atom is -0.378 e. The molecule has 2 aromatic rings. The van der Waals surface area contributed by atoms with E-state index in [0.29, 0.717) is 0 Å². The van der Waals surface area contributed by atoms with Gasteiger partial charge < -0.3 is 4.90 Å². The number of nitriles is 1. The fourth-order valence-electron chi connectivity index (χ4n) is 1.74. The predicted molar refractivity (Wildman–Crippen MR) is 83.1 cm³/mol. The van der Waals surface area contributed by atoms with E-state index in [-0.39, 0.29) is 0 Å². The molecular formula is C16H16N2Si. The molecule has 0 radical (unpaired) electrons. The maximum atomic E-state index is 8.82. The van der Waals surface area contributed by atoms with Gasteiger partial charge in [0.05, 0.1) is 5.69 Å². The summed E-state index contributed by atoms with van der Waals surface area (Å²) in [6.45, 7) is 0. The van der Waals surface area contributed by atoms with E-state index in [1.54, 1.807) is 0 Å². The zero-order chi connectivity index (χ0) is 13.7. The fraction of sp³-hybridized carbons (Fsp3) is 0.125. The Morgan fingerprint density at radius 2 is 1.47 bits per heavy atom. The molecule has 0 amide bonds. The number of nitrogens with zero attached hydrogens (tertiary/aromatic N) is 2. The molecule has 0 atom stereocenters. The molecule has 0 bridgehead atoms.